The van der Waals surface area contributed by atoms with E-state index in [0.717, 1.165) is 27.0 Å². The second-order valence-corrected chi connectivity index (χ2v) is 4.23. The Hall–Kier alpha value is -1.73. The number of hydrogen-bond donors (Lipinski definition) is 1. The highest BCUT2D eigenvalue weighted by molar-refractivity contribution is 6.32. The molecule has 0 bridgehead atoms. The van der Waals surface area contributed by atoms with Crippen molar-refractivity contribution in [3.8, 4) is 0 Å². The minimum absolute atomic E-state index is 0.743. The third-order valence-corrected chi connectivity index (χ3v) is 3.05. The molecule has 0 radical (unpaired) electrons. The first-order valence-corrected chi connectivity index (χ1v) is 5.50. The van der Waals surface area contributed by atoms with Crippen LogP contribution in [-0.4, -0.2) is 4.98 Å². The van der Waals surface area contributed by atoms with Gasteiger partial charge in [0.25, 0.3) is 0 Å². The van der Waals surface area contributed by atoms with Crippen LogP contribution in [0.25, 0.3) is 27.9 Å². The predicted molar refractivity (Wildman–Crippen MR) is 70.9 cm³/mol. The molecule has 0 aliphatic heterocycles. The van der Waals surface area contributed by atoms with E-state index in [1.165, 1.54) is 5.39 Å². The topological polar surface area (TPSA) is 15.8 Å². The van der Waals surface area contributed by atoms with Crippen LogP contribution >= 0.6 is 11.6 Å². The van der Waals surface area contributed by atoms with Crippen molar-refractivity contribution in [2.45, 2.75) is 0 Å². The van der Waals surface area contributed by atoms with Crippen molar-refractivity contribution in [2.24, 2.45) is 0 Å². The number of H-pyrrole nitrogens is 1. The summed E-state index contributed by atoms with van der Waals surface area (Å²) < 4.78 is 0. The van der Waals surface area contributed by atoms with Crippen molar-refractivity contribution in [3.05, 3.63) is 53.6 Å². The molecule has 2 aromatic carbocycles. The van der Waals surface area contributed by atoms with Crippen LogP contribution in [0.5, 0.6) is 0 Å². The molecule has 1 heterocycles. The summed E-state index contributed by atoms with van der Waals surface area (Å²) >= 11 is 6.10. The van der Waals surface area contributed by atoms with Crippen LogP contribution in [0.4, 0.5) is 0 Å². The van der Waals surface area contributed by atoms with Crippen LogP contribution in [-0.2, 0) is 0 Å². The van der Waals surface area contributed by atoms with Crippen molar-refractivity contribution in [1.29, 1.82) is 0 Å². The van der Waals surface area contributed by atoms with Crippen molar-refractivity contribution in [2.75, 3.05) is 0 Å². The van der Waals surface area contributed by atoms with Crippen LogP contribution in [0.1, 0.15) is 5.56 Å². The zero-order valence-electron chi connectivity index (χ0n) is 8.63. The van der Waals surface area contributed by atoms with Gasteiger partial charge in [0, 0.05) is 21.3 Å². The fourth-order valence-corrected chi connectivity index (χ4v) is 2.33. The summed E-state index contributed by atoms with van der Waals surface area (Å²) in [6.07, 6.45) is 1.82. The van der Waals surface area contributed by atoms with Crippen molar-refractivity contribution in [1.82, 2.24) is 4.98 Å². The fourth-order valence-electron chi connectivity index (χ4n) is 2.10. The number of rotatable bonds is 1. The van der Waals surface area contributed by atoms with Gasteiger partial charge >= 0.3 is 0 Å². The number of aromatic nitrogens is 1. The van der Waals surface area contributed by atoms with Gasteiger partial charge in [0.2, 0.25) is 0 Å². The zero-order chi connectivity index (χ0) is 11.1. The van der Waals surface area contributed by atoms with Crippen LogP contribution in [0.3, 0.4) is 0 Å². The maximum Gasteiger partial charge on any atom is 0.0539 e. The molecule has 1 nitrogen and oxygen atoms in total. The standard InChI is InChI=1S/C14H10ClN/c1-2-9-7-10(15)8-12-11-5-3-4-6-13(11)16-14(9)12/h2-8,16H,1H2. The fraction of sp³-hybridized carbons (Fsp3) is 0. The molecule has 0 atom stereocenters. The molecular formula is C14H10ClN. The molecule has 78 valence electrons. The molecule has 3 rings (SSSR count). The molecule has 1 aromatic heterocycles. The van der Waals surface area contributed by atoms with Gasteiger partial charge in [-0.2, -0.15) is 0 Å². The Morgan fingerprint density at radius 2 is 1.94 bits per heavy atom. The van der Waals surface area contributed by atoms with E-state index >= 15 is 0 Å². The molecule has 0 saturated heterocycles. The summed E-state index contributed by atoms with van der Waals surface area (Å²) in [6.45, 7) is 3.81. The minimum atomic E-state index is 0.743. The zero-order valence-corrected chi connectivity index (χ0v) is 9.38. The van der Waals surface area contributed by atoms with E-state index in [1.807, 2.05) is 30.3 Å². The monoisotopic (exact) mass is 227 g/mol. The Balaban J connectivity index is 2.59. The van der Waals surface area contributed by atoms with Crippen LogP contribution < -0.4 is 0 Å². The highest BCUT2D eigenvalue weighted by atomic mass is 35.5. The number of halogens is 1. The molecule has 0 unspecified atom stereocenters. The van der Waals surface area contributed by atoms with Crippen molar-refractivity contribution in [3.63, 3.8) is 0 Å². The van der Waals surface area contributed by atoms with Gasteiger partial charge in [0.15, 0.2) is 0 Å². The van der Waals surface area contributed by atoms with Gasteiger partial charge in [-0.3, -0.25) is 0 Å². The lowest BCUT2D eigenvalue weighted by Gasteiger charge is -1.98. The minimum Gasteiger partial charge on any atom is -0.354 e. The van der Waals surface area contributed by atoms with E-state index in [1.54, 1.807) is 0 Å². The van der Waals surface area contributed by atoms with Gasteiger partial charge in [-0.25, -0.2) is 0 Å². The van der Waals surface area contributed by atoms with E-state index < -0.39 is 0 Å². The third kappa shape index (κ3) is 1.25. The number of nitrogens with one attached hydrogen (secondary N) is 1. The number of aromatic amines is 1. The first-order valence-electron chi connectivity index (χ1n) is 5.12. The molecule has 0 fully saturated rings. The summed E-state index contributed by atoms with van der Waals surface area (Å²) in [6, 6.07) is 12.1. The summed E-state index contributed by atoms with van der Waals surface area (Å²) in [7, 11) is 0. The highest BCUT2D eigenvalue weighted by Gasteiger charge is 2.07. The molecule has 2 heteroatoms. The van der Waals surface area contributed by atoms with Crippen LogP contribution in [0.2, 0.25) is 5.02 Å². The van der Waals surface area contributed by atoms with E-state index in [0.29, 0.717) is 0 Å². The summed E-state index contributed by atoms with van der Waals surface area (Å²) in [5.74, 6) is 0. The molecule has 0 saturated carbocycles. The molecule has 1 N–H and O–H groups in total. The van der Waals surface area contributed by atoms with Gasteiger partial charge in [-0.05, 0) is 23.8 Å². The van der Waals surface area contributed by atoms with E-state index in [9.17, 15) is 0 Å². The lowest BCUT2D eigenvalue weighted by atomic mass is 10.1. The molecule has 3 aromatic rings. The van der Waals surface area contributed by atoms with Crippen molar-refractivity contribution >= 4 is 39.5 Å². The predicted octanol–water partition coefficient (Wildman–Crippen LogP) is 4.62. The quantitative estimate of drug-likeness (QED) is 0.625. The average molecular weight is 228 g/mol. The maximum atomic E-state index is 6.10. The lowest BCUT2D eigenvalue weighted by molar-refractivity contribution is 1.53. The first-order chi connectivity index (χ1) is 7.79. The van der Waals surface area contributed by atoms with Crippen molar-refractivity contribution < 1.29 is 0 Å². The second-order valence-electron chi connectivity index (χ2n) is 3.79. The van der Waals surface area contributed by atoms with Gasteiger partial charge < -0.3 is 4.98 Å². The normalized spacial score (nSPS) is 11.1. The number of benzene rings is 2. The van der Waals surface area contributed by atoms with E-state index in [2.05, 4.69) is 23.7 Å². The van der Waals surface area contributed by atoms with Gasteiger partial charge in [-0.1, -0.05) is 42.5 Å². The summed E-state index contributed by atoms with van der Waals surface area (Å²) in [5.41, 5.74) is 3.27. The Kier molecular flexibility index (Phi) is 2.01. The Bertz CT molecular complexity index is 694. The molecule has 16 heavy (non-hydrogen) atoms. The smallest absolute Gasteiger partial charge is 0.0539 e. The second kappa shape index (κ2) is 3.39. The highest BCUT2D eigenvalue weighted by Crippen LogP contribution is 2.30. The SMILES string of the molecule is C=Cc1cc(Cl)cc2c1[nH]c1ccccc12. The average Bonchev–Trinajstić information content (AvgIpc) is 2.67. The lowest BCUT2D eigenvalue weighted by Crippen LogP contribution is -1.76. The molecule has 0 aliphatic rings. The number of para-hydroxylation sites is 1. The summed E-state index contributed by atoms with van der Waals surface area (Å²) in [4.78, 5) is 3.39. The third-order valence-electron chi connectivity index (χ3n) is 2.83. The van der Waals surface area contributed by atoms with Gasteiger partial charge in [-0.15, -0.1) is 0 Å². The Morgan fingerprint density at radius 1 is 1.12 bits per heavy atom. The Morgan fingerprint density at radius 3 is 2.75 bits per heavy atom. The summed E-state index contributed by atoms with van der Waals surface area (Å²) in [5, 5.41) is 3.09. The molecule has 0 amide bonds. The molecule has 0 aliphatic carbocycles. The Labute approximate surface area is 98.3 Å². The molecular weight excluding hydrogens is 218 g/mol. The van der Waals surface area contributed by atoms with E-state index in [4.69, 9.17) is 11.6 Å². The maximum absolute atomic E-state index is 6.10. The van der Waals surface area contributed by atoms with Crippen LogP contribution in [0.15, 0.2) is 43.0 Å². The van der Waals surface area contributed by atoms with E-state index in [-0.39, 0.29) is 0 Å². The first kappa shape index (κ1) is 9.49. The van der Waals surface area contributed by atoms with Crippen LogP contribution in [0, 0.1) is 0 Å². The number of hydrogen-bond acceptors (Lipinski definition) is 0. The number of fused-ring (bicyclic) bond motifs is 3. The van der Waals surface area contributed by atoms with Gasteiger partial charge in [0.05, 0.1) is 5.52 Å². The molecule has 0 spiro atoms. The van der Waals surface area contributed by atoms with Gasteiger partial charge in [0.1, 0.15) is 0 Å². The largest absolute Gasteiger partial charge is 0.354 e.